The second-order valence-electron chi connectivity index (χ2n) is 13.5. The Labute approximate surface area is 329 Å². The second-order valence-corrected chi connectivity index (χ2v) is 14.6. The number of fused-ring (bicyclic) bond motifs is 1. The summed E-state index contributed by atoms with van der Waals surface area (Å²) < 4.78 is 0. The fraction of sp³-hybridized carbons (Fsp3) is 0.375. The van der Waals surface area contributed by atoms with Gasteiger partial charge in [0.1, 0.15) is 34.3 Å². The number of hydrogen-bond acceptors (Lipinski definition) is 12. The molecule has 5 rings (SSSR count). The van der Waals surface area contributed by atoms with Crippen LogP contribution >= 0.6 is 11.8 Å². The first-order valence-electron chi connectivity index (χ1n) is 18.3. The summed E-state index contributed by atoms with van der Waals surface area (Å²) in [6.45, 7) is 3.00. The van der Waals surface area contributed by atoms with Gasteiger partial charge in [-0.25, -0.2) is 4.98 Å². The molecule has 2 unspecified atom stereocenters. The minimum atomic E-state index is -1.04. The number of rotatable bonds is 17. The van der Waals surface area contributed by atoms with Crippen LogP contribution in [0.5, 0.6) is 0 Å². The molecule has 1 aromatic heterocycles. The van der Waals surface area contributed by atoms with Gasteiger partial charge in [0.15, 0.2) is 0 Å². The number of nitrogens with one attached hydrogen (secondary N) is 2. The van der Waals surface area contributed by atoms with Gasteiger partial charge in [0.05, 0.1) is 22.3 Å². The van der Waals surface area contributed by atoms with E-state index in [1.165, 1.54) is 0 Å². The van der Waals surface area contributed by atoms with Crippen LogP contribution in [0.2, 0.25) is 0 Å². The number of unbranched alkanes of at least 4 members (excludes halogenated alkanes) is 2. The number of piperidine rings is 1. The van der Waals surface area contributed by atoms with Gasteiger partial charge >= 0.3 is 0 Å². The van der Waals surface area contributed by atoms with Crippen LogP contribution in [-0.2, 0) is 25.6 Å². The Bertz CT molecular complexity index is 2130. The van der Waals surface area contributed by atoms with Crippen molar-refractivity contribution in [2.24, 2.45) is 5.73 Å². The average Bonchev–Trinajstić information content (AvgIpc) is 3.45. The van der Waals surface area contributed by atoms with E-state index in [0.717, 1.165) is 16.7 Å². The highest BCUT2D eigenvalue weighted by molar-refractivity contribution is 8.00. The standard InChI is InChI=1S/C40H43N9O6S/c1-4-25-27(22-41)36(46-38(28(25)23-42)56-34(35(43)52)24-12-7-5-8-13-24)48(3)21-20-47(2)32(51)16-9-6-10-19-44-29-15-11-14-26-33(29)40(55)49(39(26)54)30-17-18-31(50)45-37(30)53/h5,7-8,11-15,30,34,44H,4,6,9-10,16-21H2,1-3H3,(H2,43,52)(H,45,50,53). The van der Waals surface area contributed by atoms with Gasteiger partial charge in [-0.2, -0.15) is 10.5 Å². The molecule has 0 bridgehead atoms. The molecule has 0 saturated carbocycles. The van der Waals surface area contributed by atoms with Crippen molar-refractivity contribution in [3.63, 3.8) is 0 Å². The van der Waals surface area contributed by atoms with Gasteiger partial charge in [0.25, 0.3) is 11.8 Å². The number of likely N-dealkylation sites (N-methyl/N-ethyl adjacent to an activating group) is 2. The number of aromatic nitrogens is 1. The van der Waals surface area contributed by atoms with Gasteiger partial charge in [-0.1, -0.05) is 61.5 Å². The number of thioether (sulfide) groups is 1. The lowest BCUT2D eigenvalue weighted by atomic mass is 10.0. The third kappa shape index (κ3) is 8.82. The van der Waals surface area contributed by atoms with Crippen molar-refractivity contribution < 1.29 is 28.8 Å². The molecule has 3 aromatic rings. The van der Waals surface area contributed by atoms with E-state index in [2.05, 4.69) is 22.8 Å². The normalized spacial score (nSPS) is 15.4. The Hall–Kier alpha value is -6.26. The molecule has 2 aromatic carbocycles. The molecule has 6 amide bonds. The number of nitrogens with two attached hydrogens (primary N) is 1. The zero-order valence-electron chi connectivity index (χ0n) is 31.5. The van der Waals surface area contributed by atoms with Gasteiger partial charge in [-0.3, -0.25) is 39.0 Å². The predicted molar refractivity (Wildman–Crippen MR) is 208 cm³/mol. The number of anilines is 2. The van der Waals surface area contributed by atoms with Crippen LogP contribution in [0.15, 0.2) is 53.6 Å². The Balaban J connectivity index is 1.13. The lowest BCUT2D eigenvalue weighted by Gasteiger charge is -2.27. The number of carbonyl (C=O) groups is 6. The Kier molecular flexibility index (Phi) is 13.4. The number of imide groups is 2. The quantitative estimate of drug-likeness (QED) is 0.102. The summed E-state index contributed by atoms with van der Waals surface area (Å²) in [5.41, 5.74) is 8.32. The fourth-order valence-electron chi connectivity index (χ4n) is 6.76. The molecule has 1 fully saturated rings. The molecule has 2 aliphatic rings. The third-order valence-corrected chi connectivity index (χ3v) is 11.1. The van der Waals surface area contributed by atoms with Gasteiger partial charge in [0, 0.05) is 52.3 Å². The molecule has 2 atom stereocenters. The van der Waals surface area contributed by atoms with E-state index in [1.807, 2.05) is 13.0 Å². The number of primary amides is 1. The number of benzene rings is 2. The molecule has 2 aliphatic heterocycles. The lowest BCUT2D eigenvalue weighted by Crippen LogP contribution is -2.54. The van der Waals surface area contributed by atoms with Gasteiger partial charge in [-0.15, -0.1) is 0 Å². The number of amides is 6. The topological polar surface area (TPSA) is 223 Å². The zero-order valence-corrected chi connectivity index (χ0v) is 32.3. The van der Waals surface area contributed by atoms with Crippen LogP contribution in [0, 0.1) is 22.7 Å². The van der Waals surface area contributed by atoms with Gasteiger partial charge in [0.2, 0.25) is 23.6 Å². The maximum Gasteiger partial charge on any atom is 0.264 e. The lowest BCUT2D eigenvalue weighted by molar-refractivity contribution is -0.136. The minimum absolute atomic E-state index is 0.0421. The first-order valence-corrected chi connectivity index (χ1v) is 19.2. The van der Waals surface area contributed by atoms with E-state index in [-0.39, 0.29) is 41.0 Å². The number of nitriles is 2. The summed E-state index contributed by atoms with van der Waals surface area (Å²) in [4.78, 5) is 85.0. The number of carbonyl (C=O) groups excluding carboxylic acids is 6. The highest BCUT2D eigenvalue weighted by atomic mass is 32.2. The van der Waals surface area contributed by atoms with Crippen molar-refractivity contribution >= 4 is 58.7 Å². The highest BCUT2D eigenvalue weighted by Crippen LogP contribution is 2.39. The summed E-state index contributed by atoms with van der Waals surface area (Å²) in [6.07, 6.45) is 2.83. The van der Waals surface area contributed by atoms with Crippen LogP contribution in [0.1, 0.15) is 93.7 Å². The molecule has 1 saturated heterocycles. The average molecular weight is 778 g/mol. The monoisotopic (exact) mass is 777 g/mol. The van der Waals surface area contributed by atoms with E-state index in [9.17, 15) is 39.3 Å². The molecule has 4 N–H and O–H groups in total. The number of pyridine rings is 1. The molecule has 15 nitrogen and oxygen atoms in total. The molecule has 0 radical (unpaired) electrons. The first kappa shape index (κ1) is 40.9. The van der Waals surface area contributed by atoms with Gasteiger partial charge in [-0.05, 0) is 48.9 Å². The predicted octanol–water partition coefficient (Wildman–Crippen LogP) is 3.67. The molecule has 56 heavy (non-hydrogen) atoms. The van der Waals surface area contributed by atoms with Crippen LogP contribution < -0.4 is 21.3 Å². The summed E-state index contributed by atoms with van der Waals surface area (Å²) in [7, 11) is 3.47. The summed E-state index contributed by atoms with van der Waals surface area (Å²) in [5, 5.41) is 25.1. The molecule has 0 aliphatic carbocycles. The Morgan fingerprint density at radius 3 is 2.39 bits per heavy atom. The van der Waals surface area contributed by atoms with E-state index >= 15 is 0 Å². The summed E-state index contributed by atoms with van der Waals surface area (Å²) >= 11 is 1.07. The highest BCUT2D eigenvalue weighted by Gasteiger charge is 2.45. The van der Waals surface area contributed by atoms with E-state index in [4.69, 9.17) is 10.7 Å². The fourth-order valence-corrected chi connectivity index (χ4v) is 7.82. The molecule has 3 heterocycles. The maximum absolute atomic E-state index is 13.3. The largest absolute Gasteiger partial charge is 0.384 e. The van der Waals surface area contributed by atoms with Crippen molar-refractivity contribution in [1.82, 2.24) is 20.1 Å². The molecule has 16 heteroatoms. The third-order valence-electron chi connectivity index (χ3n) is 9.82. The van der Waals surface area contributed by atoms with E-state index in [1.54, 1.807) is 66.4 Å². The van der Waals surface area contributed by atoms with Crippen LogP contribution in [0.25, 0.3) is 0 Å². The molecular weight excluding hydrogens is 735 g/mol. The zero-order chi connectivity index (χ0) is 40.5. The van der Waals surface area contributed by atoms with Crippen molar-refractivity contribution in [3.05, 3.63) is 81.9 Å². The SMILES string of the molecule is CCc1c(C#N)c(SC(C(N)=O)c2ccccc2)nc(N(C)CCN(C)C(=O)CCCCCNc2cccc3c2C(=O)N(C2CCC(=O)NC2=O)C3=O)c1C#N. The molecule has 290 valence electrons. The number of hydrogen-bond donors (Lipinski definition) is 3. The van der Waals surface area contributed by atoms with Crippen molar-refractivity contribution in [2.75, 3.05) is 43.9 Å². The smallest absolute Gasteiger partial charge is 0.264 e. The van der Waals surface area contributed by atoms with Crippen molar-refractivity contribution in [2.45, 2.75) is 68.2 Å². The Morgan fingerprint density at radius 1 is 1.00 bits per heavy atom. The summed E-state index contributed by atoms with van der Waals surface area (Å²) in [6, 6.07) is 17.2. The van der Waals surface area contributed by atoms with Gasteiger partial charge < -0.3 is 20.9 Å². The summed E-state index contributed by atoms with van der Waals surface area (Å²) in [5.74, 6) is -2.55. The minimum Gasteiger partial charge on any atom is -0.384 e. The second kappa shape index (κ2) is 18.4. The maximum atomic E-state index is 13.3. The van der Waals surface area contributed by atoms with Crippen LogP contribution in [0.3, 0.4) is 0 Å². The van der Waals surface area contributed by atoms with Crippen molar-refractivity contribution in [3.8, 4) is 12.1 Å². The van der Waals surface area contributed by atoms with Crippen molar-refractivity contribution in [1.29, 1.82) is 10.5 Å². The number of nitrogens with zero attached hydrogens (tertiary/aromatic N) is 6. The van der Waals surface area contributed by atoms with Crippen LogP contribution in [-0.4, -0.2) is 90.0 Å². The molecule has 0 spiro atoms. The first-order chi connectivity index (χ1) is 26.9. The van der Waals surface area contributed by atoms with E-state index in [0.29, 0.717) is 79.4 Å². The molecular formula is C40H43N9O6S. The Morgan fingerprint density at radius 2 is 1.73 bits per heavy atom. The van der Waals surface area contributed by atoms with E-state index < -0.39 is 40.8 Å². The van der Waals surface area contributed by atoms with Crippen LogP contribution in [0.4, 0.5) is 11.5 Å².